The zero-order chi connectivity index (χ0) is 18.4. The summed E-state index contributed by atoms with van der Waals surface area (Å²) in [5.41, 5.74) is 1.72. The molecule has 0 unspecified atom stereocenters. The van der Waals surface area contributed by atoms with Crippen LogP contribution in [0.15, 0.2) is 60.9 Å². The maximum atomic E-state index is 12.9. The van der Waals surface area contributed by atoms with Crippen LogP contribution >= 0.6 is 0 Å². The molecular weight excluding hydrogens is 335 g/mol. The second-order valence-electron chi connectivity index (χ2n) is 5.45. The zero-order valence-electron chi connectivity index (χ0n) is 14.1. The van der Waals surface area contributed by atoms with Crippen molar-refractivity contribution in [3.63, 3.8) is 0 Å². The first-order valence-corrected chi connectivity index (χ1v) is 7.90. The normalized spacial score (nSPS) is 10.2. The highest BCUT2D eigenvalue weighted by Crippen LogP contribution is 2.13. The van der Waals surface area contributed by atoms with E-state index >= 15 is 0 Å². The molecular formula is C19H17FN4O2. The molecule has 1 amide bonds. The summed E-state index contributed by atoms with van der Waals surface area (Å²) in [6.07, 6.45) is 2.87. The molecule has 3 aromatic rings. The standard InChI is InChI=1S/C19H17FN4O2/c1-26-16-8-2-13(3-9-16)10-22-18-12-21-17(11-23-18)19(25)24-15-6-4-14(20)5-7-15/h2-9,11-12H,10H2,1H3,(H,22,23)(H,24,25). The molecule has 6 nitrogen and oxygen atoms in total. The minimum atomic E-state index is -0.411. The third-order valence-electron chi connectivity index (χ3n) is 3.62. The van der Waals surface area contributed by atoms with E-state index in [1.165, 1.54) is 36.7 Å². The Labute approximate surface area is 150 Å². The van der Waals surface area contributed by atoms with Gasteiger partial charge in [0, 0.05) is 12.2 Å². The molecule has 132 valence electrons. The van der Waals surface area contributed by atoms with Crippen molar-refractivity contribution in [1.29, 1.82) is 0 Å². The highest BCUT2D eigenvalue weighted by molar-refractivity contribution is 6.02. The molecule has 0 saturated carbocycles. The van der Waals surface area contributed by atoms with Crippen LogP contribution in [0.2, 0.25) is 0 Å². The van der Waals surface area contributed by atoms with E-state index < -0.39 is 5.91 Å². The molecule has 0 bridgehead atoms. The topological polar surface area (TPSA) is 76.1 Å². The number of methoxy groups -OCH3 is 1. The van der Waals surface area contributed by atoms with Gasteiger partial charge in [-0.3, -0.25) is 4.79 Å². The van der Waals surface area contributed by atoms with E-state index in [0.29, 0.717) is 18.1 Å². The zero-order valence-corrected chi connectivity index (χ0v) is 14.1. The first-order chi connectivity index (χ1) is 12.6. The van der Waals surface area contributed by atoms with Gasteiger partial charge in [-0.1, -0.05) is 12.1 Å². The van der Waals surface area contributed by atoms with Gasteiger partial charge in [-0.2, -0.15) is 0 Å². The number of halogens is 1. The van der Waals surface area contributed by atoms with E-state index in [0.717, 1.165) is 11.3 Å². The number of benzene rings is 2. The summed E-state index contributed by atoms with van der Waals surface area (Å²) in [5, 5.41) is 5.77. The molecule has 0 fully saturated rings. The monoisotopic (exact) mass is 352 g/mol. The summed E-state index contributed by atoms with van der Waals surface area (Å²) >= 11 is 0. The minimum absolute atomic E-state index is 0.171. The summed E-state index contributed by atoms with van der Waals surface area (Å²) in [6.45, 7) is 0.569. The molecule has 0 aliphatic heterocycles. The van der Waals surface area contributed by atoms with E-state index in [-0.39, 0.29) is 11.5 Å². The van der Waals surface area contributed by atoms with Crippen molar-refractivity contribution in [2.75, 3.05) is 17.7 Å². The van der Waals surface area contributed by atoms with Crippen LogP contribution in [-0.4, -0.2) is 23.0 Å². The maximum absolute atomic E-state index is 12.9. The minimum Gasteiger partial charge on any atom is -0.497 e. The molecule has 0 spiro atoms. The molecule has 26 heavy (non-hydrogen) atoms. The number of rotatable bonds is 6. The highest BCUT2D eigenvalue weighted by Gasteiger charge is 2.08. The van der Waals surface area contributed by atoms with Crippen molar-refractivity contribution >= 4 is 17.4 Å². The second kappa shape index (κ2) is 8.06. The van der Waals surface area contributed by atoms with Crippen molar-refractivity contribution < 1.29 is 13.9 Å². The third-order valence-corrected chi connectivity index (χ3v) is 3.62. The molecule has 2 N–H and O–H groups in total. The van der Waals surface area contributed by atoms with Gasteiger partial charge >= 0.3 is 0 Å². The molecule has 7 heteroatoms. The Hall–Kier alpha value is -3.48. The summed E-state index contributed by atoms with van der Waals surface area (Å²) in [7, 11) is 1.62. The van der Waals surface area contributed by atoms with Crippen molar-refractivity contribution in [3.05, 3.63) is 78.0 Å². The van der Waals surface area contributed by atoms with Gasteiger partial charge in [-0.05, 0) is 42.0 Å². The number of anilines is 2. The highest BCUT2D eigenvalue weighted by atomic mass is 19.1. The predicted molar refractivity (Wildman–Crippen MR) is 96.7 cm³/mol. The molecule has 3 rings (SSSR count). The van der Waals surface area contributed by atoms with E-state index in [1.54, 1.807) is 7.11 Å². The fourth-order valence-electron chi connectivity index (χ4n) is 2.20. The van der Waals surface area contributed by atoms with Gasteiger partial charge in [0.1, 0.15) is 23.1 Å². The second-order valence-corrected chi connectivity index (χ2v) is 5.45. The Balaban J connectivity index is 1.56. The maximum Gasteiger partial charge on any atom is 0.275 e. The van der Waals surface area contributed by atoms with E-state index in [9.17, 15) is 9.18 Å². The SMILES string of the molecule is COc1ccc(CNc2cnc(C(=O)Nc3ccc(F)cc3)cn2)cc1. The molecule has 2 aromatic carbocycles. The number of hydrogen-bond donors (Lipinski definition) is 2. The quantitative estimate of drug-likeness (QED) is 0.710. The van der Waals surface area contributed by atoms with Crippen molar-refractivity contribution in [2.24, 2.45) is 0 Å². The van der Waals surface area contributed by atoms with Gasteiger partial charge in [0.25, 0.3) is 5.91 Å². The van der Waals surface area contributed by atoms with Gasteiger partial charge in [-0.25, -0.2) is 14.4 Å². The summed E-state index contributed by atoms with van der Waals surface area (Å²) < 4.78 is 18.0. The van der Waals surface area contributed by atoms with Crippen LogP contribution in [0.25, 0.3) is 0 Å². The van der Waals surface area contributed by atoms with E-state index in [2.05, 4.69) is 20.6 Å². The molecule has 1 heterocycles. The Morgan fingerprint density at radius 1 is 1.04 bits per heavy atom. The first-order valence-electron chi connectivity index (χ1n) is 7.90. The fraction of sp³-hybridized carbons (Fsp3) is 0.105. The van der Waals surface area contributed by atoms with Crippen LogP contribution < -0.4 is 15.4 Å². The van der Waals surface area contributed by atoms with Crippen molar-refractivity contribution in [2.45, 2.75) is 6.54 Å². The number of carbonyl (C=O) groups is 1. The molecule has 1 aromatic heterocycles. The molecule has 0 saturated heterocycles. The van der Waals surface area contributed by atoms with Crippen LogP contribution in [0.3, 0.4) is 0 Å². The van der Waals surface area contributed by atoms with Crippen LogP contribution in [-0.2, 0) is 6.54 Å². The molecule has 0 atom stereocenters. The van der Waals surface area contributed by atoms with Crippen LogP contribution in [0.5, 0.6) is 5.75 Å². The van der Waals surface area contributed by atoms with Gasteiger partial charge in [0.05, 0.1) is 19.5 Å². The average molecular weight is 352 g/mol. The van der Waals surface area contributed by atoms with Crippen molar-refractivity contribution in [3.8, 4) is 5.75 Å². The van der Waals surface area contributed by atoms with Crippen LogP contribution in [0.4, 0.5) is 15.9 Å². The summed E-state index contributed by atoms with van der Waals surface area (Å²) in [5.74, 6) is 0.574. The fourth-order valence-corrected chi connectivity index (χ4v) is 2.20. The third kappa shape index (κ3) is 4.54. The number of hydrogen-bond acceptors (Lipinski definition) is 5. The van der Waals surface area contributed by atoms with Gasteiger partial charge < -0.3 is 15.4 Å². The Morgan fingerprint density at radius 3 is 2.38 bits per heavy atom. The predicted octanol–water partition coefficient (Wildman–Crippen LogP) is 3.49. The smallest absolute Gasteiger partial charge is 0.275 e. The van der Waals surface area contributed by atoms with Crippen LogP contribution in [0, 0.1) is 5.82 Å². The Bertz CT molecular complexity index is 866. The number of ether oxygens (including phenoxy) is 1. The Morgan fingerprint density at radius 2 is 1.77 bits per heavy atom. The lowest BCUT2D eigenvalue weighted by Crippen LogP contribution is -2.14. The molecule has 0 aliphatic rings. The van der Waals surface area contributed by atoms with Crippen LogP contribution in [0.1, 0.15) is 16.1 Å². The van der Waals surface area contributed by atoms with Gasteiger partial charge in [0.2, 0.25) is 0 Å². The first kappa shape index (κ1) is 17.3. The molecule has 0 aliphatic carbocycles. The number of amides is 1. The number of aromatic nitrogens is 2. The average Bonchev–Trinajstić information content (AvgIpc) is 2.69. The lowest BCUT2D eigenvalue weighted by atomic mass is 10.2. The lowest BCUT2D eigenvalue weighted by molar-refractivity contribution is 0.102. The number of nitrogens with one attached hydrogen (secondary N) is 2. The molecule has 0 radical (unpaired) electrons. The van der Waals surface area contributed by atoms with E-state index in [4.69, 9.17) is 4.74 Å². The van der Waals surface area contributed by atoms with E-state index in [1.807, 2.05) is 24.3 Å². The lowest BCUT2D eigenvalue weighted by Gasteiger charge is -2.07. The largest absolute Gasteiger partial charge is 0.497 e. The van der Waals surface area contributed by atoms with Crippen molar-refractivity contribution in [1.82, 2.24) is 9.97 Å². The van der Waals surface area contributed by atoms with Gasteiger partial charge in [-0.15, -0.1) is 0 Å². The Kier molecular flexibility index (Phi) is 5.38. The number of nitrogens with zero attached hydrogens (tertiary/aromatic N) is 2. The summed E-state index contributed by atoms with van der Waals surface area (Å²) in [6, 6.07) is 13.2. The summed E-state index contributed by atoms with van der Waals surface area (Å²) in [4.78, 5) is 20.4. The van der Waals surface area contributed by atoms with Gasteiger partial charge in [0.15, 0.2) is 0 Å². The number of carbonyl (C=O) groups excluding carboxylic acids is 1.